The Balaban J connectivity index is 1.45. The summed E-state index contributed by atoms with van der Waals surface area (Å²) in [5.41, 5.74) is 3.79. The van der Waals surface area contributed by atoms with Gasteiger partial charge < -0.3 is 4.90 Å². The summed E-state index contributed by atoms with van der Waals surface area (Å²) in [5, 5.41) is 0. The zero-order valence-electron chi connectivity index (χ0n) is 16.8. The molecule has 0 saturated carbocycles. The summed E-state index contributed by atoms with van der Waals surface area (Å²) in [6.45, 7) is 3.26. The Kier molecular flexibility index (Phi) is 6.38. The number of hydrogen-bond donors (Lipinski definition) is 0. The molecule has 1 aliphatic heterocycles. The monoisotopic (exact) mass is 384 g/mol. The first-order valence-corrected chi connectivity index (χ1v) is 10.4. The van der Waals surface area contributed by atoms with Crippen LogP contribution in [0.25, 0.3) is 0 Å². The van der Waals surface area contributed by atoms with Crippen molar-refractivity contribution in [1.82, 2.24) is 9.80 Å². The lowest BCUT2D eigenvalue weighted by molar-refractivity contribution is -0.136. The van der Waals surface area contributed by atoms with Crippen molar-refractivity contribution < 1.29 is 4.79 Å². The molecule has 0 spiro atoms. The molecule has 1 amide bonds. The molecule has 1 aliphatic rings. The SMILES string of the molecule is O=C1C[C@H](N(Cc2ccccc2)Cc2ccccc2)CCN1Cc1ccccc1. The lowest BCUT2D eigenvalue weighted by Crippen LogP contribution is -2.47. The summed E-state index contributed by atoms with van der Waals surface area (Å²) in [5.74, 6) is 0.260. The molecule has 29 heavy (non-hydrogen) atoms. The van der Waals surface area contributed by atoms with E-state index in [0.717, 1.165) is 26.1 Å². The molecule has 1 fully saturated rings. The Hall–Kier alpha value is -2.91. The number of hydrogen-bond acceptors (Lipinski definition) is 2. The topological polar surface area (TPSA) is 23.6 Å². The fourth-order valence-electron chi connectivity index (χ4n) is 4.09. The molecule has 3 nitrogen and oxygen atoms in total. The number of benzene rings is 3. The van der Waals surface area contributed by atoms with E-state index in [-0.39, 0.29) is 11.9 Å². The molecular weight excluding hydrogens is 356 g/mol. The van der Waals surface area contributed by atoms with E-state index >= 15 is 0 Å². The van der Waals surface area contributed by atoms with Crippen LogP contribution in [0.3, 0.4) is 0 Å². The van der Waals surface area contributed by atoms with E-state index in [2.05, 4.69) is 77.7 Å². The van der Waals surface area contributed by atoms with E-state index < -0.39 is 0 Å². The second-order valence-corrected chi connectivity index (χ2v) is 7.82. The van der Waals surface area contributed by atoms with E-state index in [1.165, 1.54) is 16.7 Å². The average Bonchev–Trinajstić information content (AvgIpc) is 2.77. The number of carbonyl (C=O) groups excluding carboxylic acids is 1. The Morgan fingerprint density at radius 2 is 1.21 bits per heavy atom. The smallest absolute Gasteiger partial charge is 0.224 e. The van der Waals surface area contributed by atoms with Crippen LogP contribution in [0.2, 0.25) is 0 Å². The van der Waals surface area contributed by atoms with Gasteiger partial charge >= 0.3 is 0 Å². The normalized spacial score (nSPS) is 16.9. The highest BCUT2D eigenvalue weighted by molar-refractivity contribution is 5.77. The second kappa shape index (κ2) is 9.53. The highest BCUT2D eigenvalue weighted by Gasteiger charge is 2.30. The van der Waals surface area contributed by atoms with Crippen molar-refractivity contribution in [3.63, 3.8) is 0 Å². The molecule has 0 radical (unpaired) electrons. The molecule has 3 aromatic rings. The highest BCUT2D eigenvalue weighted by atomic mass is 16.2. The van der Waals surface area contributed by atoms with Crippen LogP contribution in [0.4, 0.5) is 0 Å². The summed E-state index contributed by atoms with van der Waals surface area (Å²) in [6.07, 6.45) is 1.60. The lowest BCUT2D eigenvalue weighted by atomic mass is 9.99. The van der Waals surface area contributed by atoms with Crippen molar-refractivity contribution in [3.05, 3.63) is 108 Å². The van der Waals surface area contributed by atoms with Gasteiger partial charge in [0.15, 0.2) is 0 Å². The molecule has 0 aromatic heterocycles. The first kappa shape index (κ1) is 19.4. The van der Waals surface area contributed by atoms with Crippen LogP contribution >= 0.6 is 0 Å². The lowest BCUT2D eigenvalue weighted by Gasteiger charge is -2.38. The van der Waals surface area contributed by atoms with Gasteiger partial charge in [-0.15, -0.1) is 0 Å². The average molecular weight is 385 g/mol. The number of likely N-dealkylation sites (tertiary alicyclic amines) is 1. The van der Waals surface area contributed by atoms with Crippen LogP contribution in [-0.4, -0.2) is 28.3 Å². The third-order valence-corrected chi connectivity index (χ3v) is 5.68. The quantitative estimate of drug-likeness (QED) is 0.580. The van der Waals surface area contributed by atoms with Crippen molar-refractivity contribution in [2.75, 3.05) is 6.54 Å². The van der Waals surface area contributed by atoms with Gasteiger partial charge in [-0.2, -0.15) is 0 Å². The van der Waals surface area contributed by atoms with Crippen molar-refractivity contribution in [2.24, 2.45) is 0 Å². The highest BCUT2D eigenvalue weighted by Crippen LogP contribution is 2.23. The minimum Gasteiger partial charge on any atom is -0.338 e. The van der Waals surface area contributed by atoms with Gasteiger partial charge in [-0.25, -0.2) is 0 Å². The van der Waals surface area contributed by atoms with E-state index in [4.69, 9.17) is 0 Å². The molecule has 0 unspecified atom stereocenters. The predicted molar refractivity (Wildman–Crippen MR) is 117 cm³/mol. The molecule has 3 heteroatoms. The summed E-state index contributed by atoms with van der Waals surface area (Å²) in [6, 6.07) is 31.7. The largest absolute Gasteiger partial charge is 0.338 e. The zero-order chi connectivity index (χ0) is 19.9. The molecule has 1 atom stereocenters. The first-order valence-electron chi connectivity index (χ1n) is 10.4. The molecule has 0 bridgehead atoms. The fraction of sp³-hybridized carbons (Fsp3) is 0.269. The Morgan fingerprint density at radius 1 is 0.724 bits per heavy atom. The van der Waals surface area contributed by atoms with Gasteiger partial charge in [0.05, 0.1) is 0 Å². The summed E-state index contributed by atoms with van der Waals surface area (Å²) in [4.78, 5) is 17.4. The minimum atomic E-state index is 0.260. The third kappa shape index (κ3) is 5.33. The molecule has 4 rings (SSSR count). The van der Waals surface area contributed by atoms with Gasteiger partial charge in [-0.1, -0.05) is 91.0 Å². The van der Waals surface area contributed by atoms with Crippen molar-refractivity contribution in [2.45, 2.75) is 38.5 Å². The van der Waals surface area contributed by atoms with Gasteiger partial charge in [-0.05, 0) is 23.1 Å². The fourth-order valence-corrected chi connectivity index (χ4v) is 4.09. The van der Waals surface area contributed by atoms with E-state index in [1.54, 1.807) is 0 Å². The van der Waals surface area contributed by atoms with Crippen molar-refractivity contribution >= 4 is 5.91 Å². The summed E-state index contributed by atoms with van der Waals surface area (Å²) >= 11 is 0. The number of piperidine rings is 1. The van der Waals surface area contributed by atoms with E-state index in [0.29, 0.717) is 13.0 Å². The molecule has 148 valence electrons. The number of rotatable bonds is 7. The van der Waals surface area contributed by atoms with Gasteiger partial charge in [0, 0.05) is 38.6 Å². The first-order chi connectivity index (χ1) is 14.3. The minimum absolute atomic E-state index is 0.260. The third-order valence-electron chi connectivity index (χ3n) is 5.68. The van der Waals surface area contributed by atoms with Crippen LogP contribution < -0.4 is 0 Å². The maximum absolute atomic E-state index is 12.9. The van der Waals surface area contributed by atoms with Crippen molar-refractivity contribution in [3.8, 4) is 0 Å². The molecular formula is C26H28N2O. The van der Waals surface area contributed by atoms with Gasteiger partial charge in [0.25, 0.3) is 0 Å². The van der Waals surface area contributed by atoms with Crippen LogP contribution in [0.5, 0.6) is 0 Å². The van der Waals surface area contributed by atoms with Crippen molar-refractivity contribution in [1.29, 1.82) is 0 Å². The van der Waals surface area contributed by atoms with E-state index in [1.807, 2.05) is 23.1 Å². The second-order valence-electron chi connectivity index (χ2n) is 7.82. The Morgan fingerprint density at radius 3 is 1.69 bits per heavy atom. The Bertz CT molecular complexity index is 854. The van der Waals surface area contributed by atoms with Gasteiger partial charge in [-0.3, -0.25) is 9.69 Å². The van der Waals surface area contributed by atoms with Crippen LogP contribution in [0, 0.1) is 0 Å². The van der Waals surface area contributed by atoms with Crippen LogP contribution in [0.1, 0.15) is 29.5 Å². The number of carbonyl (C=O) groups is 1. The van der Waals surface area contributed by atoms with Gasteiger partial charge in [0.1, 0.15) is 0 Å². The number of nitrogens with zero attached hydrogens (tertiary/aromatic N) is 2. The zero-order valence-corrected chi connectivity index (χ0v) is 16.8. The molecule has 3 aromatic carbocycles. The maximum atomic E-state index is 12.9. The van der Waals surface area contributed by atoms with E-state index in [9.17, 15) is 4.79 Å². The molecule has 1 saturated heterocycles. The summed E-state index contributed by atoms with van der Waals surface area (Å²) in [7, 11) is 0. The Labute approximate surface area is 173 Å². The van der Waals surface area contributed by atoms with Crippen LogP contribution in [-0.2, 0) is 24.4 Å². The number of amides is 1. The predicted octanol–water partition coefficient (Wildman–Crippen LogP) is 4.88. The molecule has 1 heterocycles. The summed E-state index contributed by atoms with van der Waals surface area (Å²) < 4.78 is 0. The van der Waals surface area contributed by atoms with Gasteiger partial charge in [0.2, 0.25) is 5.91 Å². The standard InChI is InChI=1S/C26H28N2O/c29-26-18-25(16-17-27(26)19-22-10-4-1-5-11-22)28(20-23-12-6-2-7-13-23)21-24-14-8-3-9-15-24/h1-15,25H,16-21H2/t25-/m1/s1. The maximum Gasteiger partial charge on any atom is 0.224 e. The molecule has 0 aliphatic carbocycles. The van der Waals surface area contributed by atoms with Crippen LogP contribution in [0.15, 0.2) is 91.0 Å². The molecule has 0 N–H and O–H groups in total.